The molecule has 1 N–H and O–H groups in total. The van der Waals surface area contributed by atoms with E-state index in [9.17, 15) is 0 Å². The number of hydrogen-bond acceptors (Lipinski definition) is 2. The van der Waals surface area contributed by atoms with Crippen molar-refractivity contribution in [2.45, 2.75) is 64.1 Å². The van der Waals surface area contributed by atoms with E-state index >= 15 is 0 Å². The molecule has 0 bridgehead atoms. The molecule has 1 aliphatic heterocycles. The van der Waals surface area contributed by atoms with Gasteiger partial charge in [0.15, 0.2) is 0 Å². The molecule has 4 atom stereocenters. The van der Waals surface area contributed by atoms with Crippen LogP contribution in [0.1, 0.15) is 46.0 Å². The topological polar surface area (TPSA) is 21.3 Å². The van der Waals surface area contributed by atoms with E-state index in [1.54, 1.807) is 0 Å². The molecule has 2 fully saturated rings. The lowest BCUT2D eigenvalue weighted by molar-refractivity contribution is -0.00360. The van der Waals surface area contributed by atoms with E-state index in [1.165, 1.54) is 32.1 Å². The van der Waals surface area contributed by atoms with Crippen LogP contribution in [-0.2, 0) is 4.74 Å². The van der Waals surface area contributed by atoms with Crippen LogP contribution in [0.5, 0.6) is 0 Å². The zero-order valence-corrected chi connectivity index (χ0v) is 9.46. The Morgan fingerprint density at radius 2 is 2.14 bits per heavy atom. The Balaban J connectivity index is 1.70. The molecular formula is C12H23NO. The zero-order chi connectivity index (χ0) is 9.97. The molecule has 82 valence electrons. The predicted molar refractivity (Wildman–Crippen MR) is 58.4 cm³/mol. The fourth-order valence-electron chi connectivity index (χ4n) is 2.41. The first kappa shape index (κ1) is 10.4. The molecule has 1 saturated heterocycles. The van der Waals surface area contributed by atoms with Crippen LogP contribution in [0.4, 0.5) is 0 Å². The van der Waals surface area contributed by atoms with Crippen LogP contribution in [-0.4, -0.2) is 24.8 Å². The Hall–Kier alpha value is -0.0800. The maximum Gasteiger partial charge on any atom is 0.0589 e. The number of rotatable bonds is 4. The molecule has 4 unspecified atom stereocenters. The van der Waals surface area contributed by atoms with Crippen molar-refractivity contribution in [1.82, 2.24) is 5.32 Å². The van der Waals surface area contributed by atoms with Gasteiger partial charge >= 0.3 is 0 Å². The van der Waals surface area contributed by atoms with Crippen molar-refractivity contribution in [3.05, 3.63) is 0 Å². The van der Waals surface area contributed by atoms with Crippen molar-refractivity contribution in [3.63, 3.8) is 0 Å². The SMILES string of the molecule is CCCC1CC(NC2CC2C)CCO1. The largest absolute Gasteiger partial charge is 0.378 e. The van der Waals surface area contributed by atoms with Crippen LogP contribution in [0.25, 0.3) is 0 Å². The summed E-state index contributed by atoms with van der Waals surface area (Å²) in [6.07, 6.45) is 6.84. The smallest absolute Gasteiger partial charge is 0.0589 e. The summed E-state index contributed by atoms with van der Waals surface area (Å²) in [4.78, 5) is 0. The van der Waals surface area contributed by atoms with E-state index < -0.39 is 0 Å². The molecule has 0 radical (unpaired) electrons. The lowest BCUT2D eigenvalue weighted by Crippen LogP contribution is -2.40. The van der Waals surface area contributed by atoms with Gasteiger partial charge < -0.3 is 10.1 Å². The molecule has 2 nitrogen and oxygen atoms in total. The highest BCUT2D eigenvalue weighted by Crippen LogP contribution is 2.31. The molecule has 0 aromatic heterocycles. The molecule has 0 amide bonds. The summed E-state index contributed by atoms with van der Waals surface area (Å²) in [7, 11) is 0. The highest BCUT2D eigenvalue weighted by Gasteiger charge is 2.35. The lowest BCUT2D eigenvalue weighted by Gasteiger charge is -2.30. The first-order valence-electron chi connectivity index (χ1n) is 6.17. The standard InChI is InChI=1S/C12H23NO/c1-3-4-11-8-10(5-6-14-11)13-12-7-9(12)2/h9-13H,3-8H2,1-2H3. The number of nitrogens with one attached hydrogen (secondary N) is 1. The first-order valence-corrected chi connectivity index (χ1v) is 6.17. The Morgan fingerprint density at radius 3 is 2.79 bits per heavy atom. The van der Waals surface area contributed by atoms with Crippen molar-refractivity contribution < 1.29 is 4.74 Å². The van der Waals surface area contributed by atoms with Crippen molar-refractivity contribution in [2.75, 3.05) is 6.61 Å². The fourth-order valence-corrected chi connectivity index (χ4v) is 2.41. The van der Waals surface area contributed by atoms with Gasteiger partial charge in [-0.15, -0.1) is 0 Å². The average molecular weight is 197 g/mol. The van der Waals surface area contributed by atoms with Gasteiger partial charge in [0.05, 0.1) is 6.10 Å². The molecule has 1 saturated carbocycles. The summed E-state index contributed by atoms with van der Waals surface area (Å²) < 4.78 is 5.74. The van der Waals surface area contributed by atoms with Gasteiger partial charge in [0.25, 0.3) is 0 Å². The number of hydrogen-bond donors (Lipinski definition) is 1. The fraction of sp³-hybridized carbons (Fsp3) is 1.00. The van der Waals surface area contributed by atoms with E-state index in [-0.39, 0.29) is 0 Å². The normalized spacial score (nSPS) is 42.4. The second-order valence-electron chi connectivity index (χ2n) is 4.99. The van der Waals surface area contributed by atoms with Crippen LogP contribution in [0.2, 0.25) is 0 Å². The van der Waals surface area contributed by atoms with Gasteiger partial charge in [-0.2, -0.15) is 0 Å². The van der Waals surface area contributed by atoms with Crippen LogP contribution < -0.4 is 5.32 Å². The third kappa shape index (κ3) is 2.71. The summed E-state index contributed by atoms with van der Waals surface area (Å²) in [6.45, 7) is 5.54. The van der Waals surface area contributed by atoms with Crippen molar-refractivity contribution in [1.29, 1.82) is 0 Å². The molecule has 2 rings (SSSR count). The lowest BCUT2D eigenvalue weighted by atomic mass is 10.00. The van der Waals surface area contributed by atoms with E-state index in [2.05, 4.69) is 19.2 Å². The predicted octanol–water partition coefficient (Wildman–Crippen LogP) is 2.33. The number of ether oxygens (including phenoxy) is 1. The Kier molecular flexibility index (Phi) is 3.45. The minimum atomic E-state index is 0.528. The monoisotopic (exact) mass is 197 g/mol. The quantitative estimate of drug-likeness (QED) is 0.747. The first-order chi connectivity index (χ1) is 6.79. The van der Waals surface area contributed by atoms with E-state index in [1.807, 2.05) is 0 Å². The summed E-state index contributed by atoms with van der Waals surface area (Å²) in [5.41, 5.74) is 0. The van der Waals surface area contributed by atoms with Gasteiger partial charge in [-0.3, -0.25) is 0 Å². The van der Waals surface area contributed by atoms with Gasteiger partial charge in [-0.1, -0.05) is 20.3 Å². The Morgan fingerprint density at radius 1 is 1.36 bits per heavy atom. The maximum absolute atomic E-state index is 5.74. The highest BCUT2D eigenvalue weighted by molar-refractivity contribution is 4.93. The average Bonchev–Trinajstić information content (AvgIpc) is 2.83. The summed E-state index contributed by atoms with van der Waals surface area (Å²) in [6, 6.07) is 1.55. The van der Waals surface area contributed by atoms with Gasteiger partial charge in [0.1, 0.15) is 0 Å². The van der Waals surface area contributed by atoms with Crippen LogP contribution in [0.15, 0.2) is 0 Å². The van der Waals surface area contributed by atoms with Crippen LogP contribution >= 0.6 is 0 Å². The molecule has 0 aromatic rings. The Labute approximate surface area is 87.4 Å². The molecule has 14 heavy (non-hydrogen) atoms. The van der Waals surface area contributed by atoms with Crippen LogP contribution in [0.3, 0.4) is 0 Å². The molecule has 1 aliphatic carbocycles. The third-order valence-electron chi connectivity index (χ3n) is 3.54. The van der Waals surface area contributed by atoms with Crippen LogP contribution in [0, 0.1) is 5.92 Å². The highest BCUT2D eigenvalue weighted by atomic mass is 16.5. The molecule has 2 aliphatic rings. The van der Waals surface area contributed by atoms with Crippen molar-refractivity contribution in [3.8, 4) is 0 Å². The van der Waals surface area contributed by atoms with Gasteiger partial charge in [-0.25, -0.2) is 0 Å². The van der Waals surface area contributed by atoms with Gasteiger partial charge in [0, 0.05) is 18.7 Å². The second-order valence-corrected chi connectivity index (χ2v) is 4.99. The summed E-state index contributed by atoms with van der Waals surface area (Å²) in [5.74, 6) is 0.919. The molecule has 0 spiro atoms. The third-order valence-corrected chi connectivity index (χ3v) is 3.54. The zero-order valence-electron chi connectivity index (χ0n) is 9.46. The van der Waals surface area contributed by atoms with Gasteiger partial charge in [0.2, 0.25) is 0 Å². The molecule has 2 heteroatoms. The van der Waals surface area contributed by atoms with Crippen molar-refractivity contribution in [2.24, 2.45) is 5.92 Å². The molecule has 0 aromatic carbocycles. The van der Waals surface area contributed by atoms with Crippen molar-refractivity contribution >= 4 is 0 Å². The molecular weight excluding hydrogens is 174 g/mol. The van der Waals surface area contributed by atoms with E-state index in [0.29, 0.717) is 6.10 Å². The Bertz CT molecular complexity index is 181. The summed E-state index contributed by atoms with van der Waals surface area (Å²) in [5, 5.41) is 3.75. The van der Waals surface area contributed by atoms with E-state index in [4.69, 9.17) is 4.74 Å². The van der Waals surface area contributed by atoms with Gasteiger partial charge in [-0.05, 0) is 31.6 Å². The minimum absolute atomic E-state index is 0.528. The second kappa shape index (κ2) is 4.63. The summed E-state index contributed by atoms with van der Waals surface area (Å²) >= 11 is 0. The molecule has 1 heterocycles. The minimum Gasteiger partial charge on any atom is -0.378 e. The van der Waals surface area contributed by atoms with E-state index in [0.717, 1.165) is 24.6 Å². The maximum atomic E-state index is 5.74.